The van der Waals surface area contributed by atoms with Crippen molar-refractivity contribution in [1.82, 2.24) is 14.8 Å². The molecule has 0 aliphatic carbocycles. The van der Waals surface area contributed by atoms with Gasteiger partial charge in [-0.2, -0.15) is 10.4 Å². The number of nitrogens with one attached hydrogen (secondary N) is 1. The Balaban J connectivity index is 2.24. The van der Waals surface area contributed by atoms with E-state index in [-0.39, 0.29) is 39.8 Å². The number of hydrogen-bond acceptors (Lipinski definition) is 3. The van der Waals surface area contributed by atoms with Gasteiger partial charge in [-0.15, -0.1) is 0 Å². The zero-order valence-electron chi connectivity index (χ0n) is 17.6. The number of alkyl halides is 1. The first-order valence-electron chi connectivity index (χ1n) is 9.95. The average Bonchev–Trinajstić information content (AvgIpc) is 3.33. The lowest BCUT2D eigenvalue weighted by molar-refractivity contribution is -0.138. The summed E-state index contributed by atoms with van der Waals surface area (Å²) in [6, 6.07) is 6.51. The summed E-state index contributed by atoms with van der Waals surface area (Å²) < 4.78 is 60.4. The number of nitriles is 1. The summed E-state index contributed by atoms with van der Waals surface area (Å²) >= 11 is 0. The van der Waals surface area contributed by atoms with Crippen molar-refractivity contribution in [2.75, 3.05) is 0 Å². The van der Waals surface area contributed by atoms with Crippen molar-refractivity contribution in [1.29, 1.82) is 5.26 Å². The molecule has 0 spiro atoms. The fourth-order valence-electron chi connectivity index (χ4n) is 4.23. The number of carboxylic acids is 1. The fraction of sp³-hybridized carbons (Fsp3) is 0.261. The highest BCUT2D eigenvalue weighted by Gasteiger charge is 2.37. The van der Waals surface area contributed by atoms with Gasteiger partial charge in [0.15, 0.2) is 17.5 Å². The van der Waals surface area contributed by atoms with Gasteiger partial charge in [0, 0.05) is 45.6 Å². The molecule has 4 aromatic rings. The lowest BCUT2D eigenvalue weighted by Gasteiger charge is -2.27. The minimum absolute atomic E-state index is 0.0154. The van der Waals surface area contributed by atoms with Gasteiger partial charge in [-0.25, -0.2) is 17.6 Å². The van der Waals surface area contributed by atoms with Gasteiger partial charge in [0.25, 0.3) is 0 Å². The number of rotatable bonds is 6. The molecule has 4 rings (SSSR count). The van der Waals surface area contributed by atoms with Crippen LogP contribution < -0.4 is 0 Å². The van der Waals surface area contributed by atoms with E-state index in [0.717, 1.165) is 12.1 Å². The molecule has 0 saturated carbocycles. The number of nitrogens with zero attached hydrogens (tertiary/aromatic N) is 3. The Kier molecular flexibility index (Phi) is 5.36. The van der Waals surface area contributed by atoms with Crippen molar-refractivity contribution in [2.45, 2.75) is 38.3 Å². The van der Waals surface area contributed by atoms with Gasteiger partial charge in [-0.3, -0.25) is 9.89 Å². The van der Waals surface area contributed by atoms with Crippen LogP contribution in [0, 0.1) is 28.8 Å². The highest BCUT2D eigenvalue weighted by Crippen LogP contribution is 2.45. The summed E-state index contributed by atoms with van der Waals surface area (Å²) in [4.78, 5) is 11.3. The molecule has 0 fully saturated rings. The molecule has 1 atom stereocenters. The molecule has 2 heterocycles. The molecule has 0 bridgehead atoms. The van der Waals surface area contributed by atoms with Crippen LogP contribution in [0.2, 0.25) is 0 Å². The molecular weight excluding hydrogens is 440 g/mol. The largest absolute Gasteiger partial charge is 0.481 e. The number of fused-ring (bicyclic) bond motifs is 2. The maximum Gasteiger partial charge on any atom is 0.306 e. The zero-order valence-corrected chi connectivity index (χ0v) is 17.6. The van der Waals surface area contributed by atoms with Crippen LogP contribution in [-0.2, 0) is 10.2 Å². The molecule has 0 amide bonds. The first-order valence-corrected chi connectivity index (χ1v) is 9.95. The number of aliphatic carboxylic acids is 1. The van der Waals surface area contributed by atoms with E-state index in [9.17, 15) is 23.9 Å². The Morgan fingerprint density at radius 1 is 1.27 bits per heavy atom. The Labute approximate surface area is 185 Å². The van der Waals surface area contributed by atoms with E-state index in [1.807, 2.05) is 6.07 Å². The number of hydrogen-bond donors (Lipinski definition) is 2. The van der Waals surface area contributed by atoms with Crippen LogP contribution in [0.25, 0.3) is 27.5 Å². The lowest BCUT2D eigenvalue weighted by atomic mass is 9.82. The molecule has 6 nitrogen and oxygen atoms in total. The average molecular weight is 458 g/mol. The third kappa shape index (κ3) is 3.59. The highest BCUT2D eigenvalue weighted by atomic mass is 19.2. The Hall–Kier alpha value is -3.87. The van der Waals surface area contributed by atoms with Crippen LogP contribution in [0.15, 0.2) is 30.5 Å². The highest BCUT2D eigenvalue weighted by molar-refractivity contribution is 6.00. The standard InChI is InChI=1S/C23H18F4N4O2/c1-23(2,5-6-28)22-18(15(26)9-17(32)33)19-16(7-11-10-29-30-21(11)20(19)27)31(22)12-3-4-13(24)14(25)8-12/h3-4,7-8,10,15H,5,9H2,1-2H3,(H,29,30)(H,32,33)/t15-/m0/s1. The van der Waals surface area contributed by atoms with E-state index in [2.05, 4.69) is 10.2 Å². The second kappa shape index (κ2) is 7.92. The van der Waals surface area contributed by atoms with E-state index in [1.165, 1.54) is 22.9 Å². The van der Waals surface area contributed by atoms with E-state index in [0.29, 0.717) is 5.39 Å². The molecule has 0 unspecified atom stereocenters. The van der Waals surface area contributed by atoms with Gasteiger partial charge in [0.1, 0.15) is 11.7 Å². The Bertz CT molecular complexity index is 1450. The smallest absolute Gasteiger partial charge is 0.306 e. The number of carboxylic acid groups (broad SMARTS) is 1. The van der Waals surface area contributed by atoms with Crippen LogP contribution >= 0.6 is 0 Å². The third-order valence-electron chi connectivity index (χ3n) is 5.64. The number of H-pyrrole nitrogens is 1. The van der Waals surface area contributed by atoms with Crippen LogP contribution in [0.1, 0.15) is 44.1 Å². The minimum atomic E-state index is -2.14. The monoisotopic (exact) mass is 458 g/mol. The number of aromatic nitrogens is 3. The van der Waals surface area contributed by atoms with Crippen molar-refractivity contribution in [3.05, 3.63) is 59.2 Å². The number of halogens is 4. The van der Waals surface area contributed by atoms with Gasteiger partial charge >= 0.3 is 5.97 Å². The van der Waals surface area contributed by atoms with E-state index >= 15 is 8.78 Å². The molecule has 2 N–H and O–H groups in total. The Morgan fingerprint density at radius 3 is 2.64 bits per heavy atom. The minimum Gasteiger partial charge on any atom is -0.481 e. The summed E-state index contributed by atoms with van der Waals surface area (Å²) in [6.45, 7) is 3.23. The molecule has 10 heteroatoms. The quantitative estimate of drug-likeness (QED) is 0.368. The van der Waals surface area contributed by atoms with E-state index in [1.54, 1.807) is 13.8 Å². The summed E-state index contributed by atoms with van der Waals surface area (Å²) in [5.74, 6) is -4.58. The normalized spacial score (nSPS) is 12.9. The van der Waals surface area contributed by atoms with Crippen molar-refractivity contribution in [2.24, 2.45) is 0 Å². The van der Waals surface area contributed by atoms with E-state index in [4.69, 9.17) is 0 Å². The molecular formula is C23H18F4N4O2. The van der Waals surface area contributed by atoms with Crippen molar-refractivity contribution in [3.63, 3.8) is 0 Å². The van der Waals surface area contributed by atoms with Crippen LogP contribution in [-0.4, -0.2) is 25.8 Å². The predicted octanol–water partition coefficient (Wildman–Crippen LogP) is 5.60. The topological polar surface area (TPSA) is 94.7 Å². The molecule has 0 aliphatic heterocycles. The molecule has 2 aromatic heterocycles. The van der Waals surface area contributed by atoms with Gasteiger partial charge < -0.3 is 9.67 Å². The SMILES string of the molecule is CC(C)(CC#N)c1c([C@@H](F)CC(=O)O)c2c(F)c3[nH]ncc3cc2n1-c1ccc(F)c(F)c1. The van der Waals surface area contributed by atoms with Gasteiger partial charge in [-0.05, 0) is 18.2 Å². The summed E-state index contributed by atoms with van der Waals surface area (Å²) in [7, 11) is 0. The van der Waals surface area contributed by atoms with Crippen LogP contribution in [0.4, 0.5) is 17.6 Å². The van der Waals surface area contributed by atoms with Gasteiger partial charge in [-0.1, -0.05) is 13.8 Å². The predicted molar refractivity (Wildman–Crippen MR) is 112 cm³/mol. The molecule has 2 aromatic carbocycles. The second-order valence-corrected chi connectivity index (χ2v) is 8.40. The van der Waals surface area contributed by atoms with Gasteiger partial charge in [0.05, 0.1) is 24.2 Å². The van der Waals surface area contributed by atoms with E-state index < -0.39 is 41.4 Å². The van der Waals surface area contributed by atoms with Crippen molar-refractivity contribution in [3.8, 4) is 11.8 Å². The fourth-order valence-corrected chi connectivity index (χ4v) is 4.23. The first-order chi connectivity index (χ1) is 15.6. The molecule has 170 valence electrons. The lowest BCUT2D eigenvalue weighted by Crippen LogP contribution is -2.23. The number of carbonyl (C=O) groups is 1. The molecule has 0 aliphatic rings. The van der Waals surface area contributed by atoms with Crippen LogP contribution in [0.3, 0.4) is 0 Å². The second-order valence-electron chi connectivity index (χ2n) is 8.40. The van der Waals surface area contributed by atoms with Crippen molar-refractivity contribution >= 4 is 27.8 Å². The maximum absolute atomic E-state index is 15.7. The molecule has 33 heavy (non-hydrogen) atoms. The number of aromatic amines is 1. The Morgan fingerprint density at radius 2 is 2.00 bits per heavy atom. The maximum atomic E-state index is 15.7. The van der Waals surface area contributed by atoms with Gasteiger partial charge in [0.2, 0.25) is 0 Å². The first kappa shape index (κ1) is 22.3. The molecule has 0 saturated heterocycles. The third-order valence-corrected chi connectivity index (χ3v) is 5.64. The van der Waals surface area contributed by atoms with Crippen LogP contribution in [0.5, 0.6) is 0 Å². The zero-order chi connectivity index (χ0) is 24.1. The summed E-state index contributed by atoms with van der Waals surface area (Å²) in [5.41, 5.74) is -1.12. The van der Waals surface area contributed by atoms with Crippen molar-refractivity contribution < 1.29 is 27.5 Å². The molecule has 0 radical (unpaired) electrons. The summed E-state index contributed by atoms with van der Waals surface area (Å²) in [6.07, 6.45) is -1.88. The number of benzene rings is 2. The summed E-state index contributed by atoms with van der Waals surface area (Å²) in [5, 5.41) is 25.0.